The van der Waals surface area contributed by atoms with Gasteiger partial charge < -0.3 is 0 Å². The third-order valence-corrected chi connectivity index (χ3v) is 4.53. The number of hydrogen-bond donors (Lipinski definition) is 0. The third kappa shape index (κ3) is 2.72. The molecule has 0 N–H and O–H groups in total. The van der Waals surface area contributed by atoms with Crippen molar-refractivity contribution in [2.75, 3.05) is 6.54 Å². The Morgan fingerprint density at radius 3 is 3.00 bits per heavy atom. The van der Waals surface area contributed by atoms with Crippen LogP contribution >= 0.6 is 0 Å². The van der Waals surface area contributed by atoms with Crippen LogP contribution < -0.4 is 0 Å². The maximum absolute atomic E-state index is 11.3. The molecule has 0 amide bonds. The molecule has 3 heterocycles. The number of pyridine rings is 1. The first-order valence-electron chi connectivity index (χ1n) is 7.87. The zero-order valence-corrected chi connectivity index (χ0v) is 12.8. The van der Waals surface area contributed by atoms with Gasteiger partial charge in [0.2, 0.25) is 0 Å². The fraction of sp³-hybridized carbons (Fsp3) is 0.529. The molecule has 112 valence electrons. The van der Waals surface area contributed by atoms with E-state index in [9.17, 15) is 4.79 Å². The van der Waals surface area contributed by atoms with E-state index >= 15 is 0 Å². The Bertz CT molecular complexity index is 632. The number of fused-ring (bicyclic) bond motifs is 1. The minimum absolute atomic E-state index is 0.532. The van der Waals surface area contributed by atoms with Gasteiger partial charge in [-0.15, -0.1) is 0 Å². The summed E-state index contributed by atoms with van der Waals surface area (Å²) in [7, 11) is 0. The Kier molecular flexibility index (Phi) is 4.06. The second-order valence-electron chi connectivity index (χ2n) is 6.19. The number of carbonyl (C=O) groups is 1. The van der Waals surface area contributed by atoms with Gasteiger partial charge in [-0.05, 0) is 45.4 Å². The van der Waals surface area contributed by atoms with Crippen LogP contribution in [0.1, 0.15) is 49.4 Å². The van der Waals surface area contributed by atoms with Crippen molar-refractivity contribution in [1.29, 1.82) is 0 Å². The molecule has 0 aromatic carbocycles. The Hall–Kier alpha value is -1.68. The van der Waals surface area contributed by atoms with E-state index in [2.05, 4.69) is 23.7 Å². The quantitative estimate of drug-likeness (QED) is 0.811. The lowest BCUT2D eigenvalue weighted by atomic mass is 9.97. The normalized spacial score (nSPS) is 20.2. The number of carbonyl (C=O) groups excluding carboxylic acids is 1. The van der Waals surface area contributed by atoms with Gasteiger partial charge in [0.05, 0.1) is 17.4 Å². The summed E-state index contributed by atoms with van der Waals surface area (Å²) in [5.41, 5.74) is 1.69. The van der Waals surface area contributed by atoms with Gasteiger partial charge in [0.1, 0.15) is 5.82 Å². The molecule has 1 fully saturated rings. The molecular weight excluding hydrogens is 262 g/mol. The Morgan fingerprint density at radius 2 is 2.24 bits per heavy atom. The van der Waals surface area contributed by atoms with Crippen molar-refractivity contribution >= 4 is 11.8 Å². The number of nitrogens with zero attached hydrogens (tertiary/aromatic N) is 3. The molecule has 2 aromatic rings. The van der Waals surface area contributed by atoms with E-state index in [1.165, 1.54) is 25.8 Å². The van der Waals surface area contributed by atoms with Crippen molar-refractivity contribution in [1.82, 2.24) is 14.3 Å². The number of hydrogen-bond acceptors (Lipinski definition) is 3. The van der Waals surface area contributed by atoms with Gasteiger partial charge in [-0.3, -0.25) is 14.1 Å². The molecule has 2 aromatic heterocycles. The molecule has 1 aliphatic heterocycles. The van der Waals surface area contributed by atoms with Crippen molar-refractivity contribution in [2.45, 2.75) is 51.6 Å². The molecule has 0 aliphatic carbocycles. The summed E-state index contributed by atoms with van der Waals surface area (Å²) in [6.45, 7) is 5.70. The molecule has 1 atom stereocenters. The van der Waals surface area contributed by atoms with E-state index in [0.29, 0.717) is 17.8 Å². The SMILES string of the molecule is CC(C)N1CCCCC1Cc1ncc2cccc(C=O)n12. The average molecular weight is 285 g/mol. The lowest BCUT2D eigenvalue weighted by Gasteiger charge is -2.38. The second kappa shape index (κ2) is 5.98. The minimum Gasteiger partial charge on any atom is -0.298 e. The Labute approximate surface area is 125 Å². The summed E-state index contributed by atoms with van der Waals surface area (Å²) < 4.78 is 2.00. The van der Waals surface area contributed by atoms with Crippen molar-refractivity contribution in [3.8, 4) is 0 Å². The van der Waals surface area contributed by atoms with E-state index in [1.54, 1.807) is 0 Å². The number of imidazole rings is 1. The average Bonchev–Trinajstić information content (AvgIpc) is 2.91. The first-order valence-corrected chi connectivity index (χ1v) is 7.87. The fourth-order valence-corrected chi connectivity index (χ4v) is 3.51. The van der Waals surface area contributed by atoms with Crippen LogP contribution in [0, 0.1) is 0 Å². The molecule has 0 bridgehead atoms. The van der Waals surface area contributed by atoms with Crippen LogP contribution in [0.25, 0.3) is 5.52 Å². The molecule has 1 saturated heterocycles. The van der Waals surface area contributed by atoms with E-state index in [-0.39, 0.29) is 0 Å². The van der Waals surface area contributed by atoms with Crippen molar-refractivity contribution in [2.24, 2.45) is 0 Å². The van der Waals surface area contributed by atoms with Crippen molar-refractivity contribution < 1.29 is 4.79 Å². The van der Waals surface area contributed by atoms with Gasteiger partial charge in [0.15, 0.2) is 6.29 Å². The van der Waals surface area contributed by atoms with Gasteiger partial charge in [0.25, 0.3) is 0 Å². The summed E-state index contributed by atoms with van der Waals surface area (Å²) in [5, 5.41) is 0. The monoisotopic (exact) mass is 285 g/mol. The summed E-state index contributed by atoms with van der Waals surface area (Å²) >= 11 is 0. The number of aldehydes is 1. The van der Waals surface area contributed by atoms with Crippen LogP contribution in [0.2, 0.25) is 0 Å². The Morgan fingerprint density at radius 1 is 1.38 bits per heavy atom. The summed E-state index contributed by atoms with van der Waals surface area (Å²) in [6, 6.07) is 6.86. The van der Waals surface area contributed by atoms with Crippen LogP contribution in [-0.4, -0.2) is 39.2 Å². The molecule has 4 nitrogen and oxygen atoms in total. The van der Waals surface area contributed by atoms with Crippen LogP contribution in [0.15, 0.2) is 24.4 Å². The summed E-state index contributed by atoms with van der Waals surface area (Å²) in [6.07, 6.45) is 7.49. The molecule has 1 unspecified atom stereocenters. The van der Waals surface area contributed by atoms with E-state index in [0.717, 1.165) is 24.0 Å². The molecule has 21 heavy (non-hydrogen) atoms. The van der Waals surface area contributed by atoms with Crippen LogP contribution in [0.5, 0.6) is 0 Å². The molecule has 4 heteroatoms. The van der Waals surface area contributed by atoms with Gasteiger partial charge in [0, 0.05) is 18.5 Å². The van der Waals surface area contributed by atoms with Crippen molar-refractivity contribution in [3.05, 3.63) is 35.9 Å². The highest BCUT2D eigenvalue weighted by molar-refractivity contribution is 5.74. The highest BCUT2D eigenvalue weighted by atomic mass is 16.1. The Balaban J connectivity index is 1.92. The minimum atomic E-state index is 0.532. The highest BCUT2D eigenvalue weighted by Gasteiger charge is 2.26. The second-order valence-corrected chi connectivity index (χ2v) is 6.19. The van der Waals surface area contributed by atoms with Gasteiger partial charge in [-0.25, -0.2) is 4.98 Å². The first kappa shape index (κ1) is 14.3. The predicted octanol–water partition coefficient (Wildman–Crippen LogP) is 2.95. The molecule has 0 spiro atoms. The summed E-state index contributed by atoms with van der Waals surface area (Å²) in [5.74, 6) is 1.00. The predicted molar refractivity (Wildman–Crippen MR) is 83.8 cm³/mol. The molecular formula is C17H23N3O. The van der Waals surface area contributed by atoms with Gasteiger partial charge in [-0.1, -0.05) is 12.5 Å². The number of aromatic nitrogens is 2. The summed E-state index contributed by atoms with van der Waals surface area (Å²) in [4.78, 5) is 18.4. The van der Waals surface area contributed by atoms with Gasteiger partial charge in [-0.2, -0.15) is 0 Å². The van der Waals surface area contributed by atoms with E-state index in [4.69, 9.17) is 0 Å². The number of likely N-dealkylation sites (tertiary alicyclic amines) is 1. The van der Waals surface area contributed by atoms with E-state index < -0.39 is 0 Å². The van der Waals surface area contributed by atoms with Crippen LogP contribution in [0.4, 0.5) is 0 Å². The van der Waals surface area contributed by atoms with Crippen LogP contribution in [-0.2, 0) is 6.42 Å². The number of rotatable bonds is 4. The lowest BCUT2D eigenvalue weighted by Crippen LogP contribution is -2.45. The fourth-order valence-electron chi connectivity index (χ4n) is 3.51. The molecule has 3 rings (SSSR count). The zero-order chi connectivity index (χ0) is 14.8. The van der Waals surface area contributed by atoms with Crippen molar-refractivity contribution in [3.63, 3.8) is 0 Å². The molecule has 0 saturated carbocycles. The highest BCUT2D eigenvalue weighted by Crippen LogP contribution is 2.23. The maximum atomic E-state index is 11.3. The van der Waals surface area contributed by atoms with Gasteiger partial charge >= 0.3 is 0 Å². The largest absolute Gasteiger partial charge is 0.298 e. The first-order chi connectivity index (χ1) is 10.2. The lowest BCUT2D eigenvalue weighted by molar-refractivity contribution is 0.109. The zero-order valence-electron chi connectivity index (χ0n) is 12.8. The molecule has 1 aliphatic rings. The third-order valence-electron chi connectivity index (χ3n) is 4.53. The number of piperidine rings is 1. The van der Waals surface area contributed by atoms with Crippen LogP contribution in [0.3, 0.4) is 0 Å². The maximum Gasteiger partial charge on any atom is 0.166 e. The topological polar surface area (TPSA) is 37.6 Å². The van der Waals surface area contributed by atoms with E-state index in [1.807, 2.05) is 28.8 Å². The molecule has 0 radical (unpaired) electrons. The standard InChI is InChI=1S/C17H23N3O/c1-13(2)19-9-4-3-6-14(19)10-17-18-11-15-7-5-8-16(12-21)20(15)17/h5,7-8,11-14H,3-4,6,9-10H2,1-2H3. The smallest absolute Gasteiger partial charge is 0.166 e.